The van der Waals surface area contributed by atoms with Crippen molar-refractivity contribution in [1.29, 1.82) is 0 Å². The first kappa shape index (κ1) is 15.9. The second kappa shape index (κ2) is 6.27. The predicted octanol–water partition coefficient (Wildman–Crippen LogP) is 1.28. The summed E-state index contributed by atoms with van der Waals surface area (Å²) in [5.41, 5.74) is 6.46. The van der Waals surface area contributed by atoms with Gasteiger partial charge in [-0.05, 0) is 18.2 Å². The van der Waals surface area contributed by atoms with Gasteiger partial charge < -0.3 is 15.6 Å². The highest BCUT2D eigenvalue weighted by Crippen LogP contribution is 2.23. The second-order valence-corrected chi connectivity index (χ2v) is 5.71. The number of amides is 2. The number of nitrogens with one attached hydrogen (secondary N) is 1. The molecule has 1 aromatic heterocycles. The Labute approximate surface area is 137 Å². The predicted molar refractivity (Wildman–Crippen MR) is 84.2 cm³/mol. The van der Waals surface area contributed by atoms with Crippen molar-refractivity contribution in [2.45, 2.75) is 18.6 Å². The van der Waals surface area contributed by atoms with E-state index in [1.165, 1.54) is 24.3 Å². The number of nitrogens with two attached hydrogens (primary N) is 1. The molecule has 7 heteroatoms. The van der Waals surface area contributed by atoms with Gasteiger partial charge in [0.2, 0.25) is 5.91 Å². The van der Waals surface area contributed by atoms with Crippen LogP contribution in [0.15, 0.2) is 42.7 Å². The molecule has 1 fully saturated rings. The quantitative estimate of drug-likeness (QED) is 0.827. The van der Waals surface area contributed by atoms with Crippen LogP contribution in [-0.4, -0.2) is 46.2 Å². The number of primary amides is 1. The lowest BCUT2D eigenvalue weighted by molar-refractivity contribution is -0.121. The van der Waals surface area contributed by atoms with Crippen LogP contribution in [0.25, 0.3) is 0 Å². The first-order valence-corrected chi connectivity index (χ1v) is 7.49. The zero-order valence-corrected chi connectivity index (χ0v) is 12.7. The summed E-state index contributed by atoms with van der Waals surface area (Å²) in [7, 11) is 0. The Morgan fingerprint density at radius 1 is 1.08 bits per heavy atom. The Hall–Kier alpha value is -2.96. The Bertz CT molecular complexity index is 771. The summed E-state index contributed by atoms with van der Waals surface area (Å²) < 4.78 is 13.5. The number of carbonyl (C=O) groups excluding carboxylic acids is 3. The molecule has 1 aliphatic rings. The molecule has 1 saturated heterocycles. The van der Waals surface area contributed by atoms with E-state index in [2.05, 4.69) is 4.98 Å². The Morgan fingerprint density at radius 2 is 1.75 bits per heavy atom. The summed E-state index contributed by atoms with van der Waals surface area (Å²) in [5.74, 6) is -1.36. The van der Waals surface area contributed by atoms with Gasteiger partial charge in [-0.2, -0.15) is 0 Å². The maximum absolute atomic E-state index is 13.5. The van der Waals surface area contributed by atoms with Crippen LogP contribution in [0.5, 0.6) is 0 Å². The van der Waals surface area contributed by atoms with Crippen LogP contribution in [0.4, 0.5) is 4.39 Å². The lowest BCUT2D eigenvalue weighted by Crippen LogP contribution is -2.43. The van der Waals surface area contributed by atoms with Crippen molar-refractivity contribution < 1.29 is 18.8 Å². The molecule has 0 saturated carbocycles. The van der Waals surface area contributed by atoms with E-state index in [0.717, 1.165) is 4.90 Å². The van der Waals surface area contributed by atoms with E-state index >= 15 is 0 Å². The van der Waals surface area contributed by atoms with Gasteiger partial charge in [-0.1, -0.05) is 12.1 Å². The molecule has 24 heavy (non-hydrogen) atoms. The number of aromatic nitrogens is 1. The second-order valence-electron chi connectivity index (χ2n) is 5.71. The molecular formula is C17H16FN3O3. The number of aromatic amines is 1. The normalized spacial score (nSPS) is 20.1. The van der Waals surface area contributed by atoms with E-state index in [1.54, 1.807) is 18.5 Å². The molecule has 124 valence electrons. The number of benzene rings is 1. The third kappa shape index (κ3) is 2.92. The molecule has 6 nitrogen and oxygen atoms in total. The minimum Gasteiger partial charge on any atom is -0.368 e. The molecule has 3 N–H and O–H groups in total. The van der Waals surface area contributed by atoms with E-state index in [1.807, 2.05) is 0 Å². The van der Waals surface area contributed by atoms with E-state index in [0.29, 0.717) is 11.1 Å². The average molecular weight is 329 g/mol. The molecule has 0 spiro atoms. The smallest absolute Gasteiger partial charge is 0.254 e. The molecule has 0 unspecified atom stereocenters. The van der Waals surface area contributed by atoms with Gasteiger partial charge in [-0.15, -0.1) is 0 Å². The number of alkyl halides is 1. The van der Waals surface area contributed by atoms with Gasteiger partial charge in [-0.25, -0.2) is 4.39 Å². The SMILES string of the molecule is NC(=O)[C@@H]1C[C@@H](F)CN1C(=O)c1ccc(C(=O)c2cc[nH]c2)cc1. The van der Waals surface area contributed by atoms with Crippen LogP contribution < -0.4 is 5.73 Å². The summed E-state index contributed by atoms with van der Waals surface area (Å²) in [6.45, 7) is -0.156. The fourth-order valence-electron chi connectivity index (χ4n) is 2.84. The highest BCUT2D eigenvalue weighted by atomic mass is 19.1. The number of hydrogen-bond donors (Lipinski definition) is 2. The van der Waals surface area contributed by atoms with E-state index in [9.17, 15) is 18.8 Å². The molecule has 0 bridgehead atoms. The maximum Gasteiger partial charge on any atom is 0.254 e. The Balaban J connectivity index is 1.79. The molecule has 3 rings (SSSR count). The summed E-state index contributed by atoms with van der Waals surface area (Å²) in [6, 6.07) is 6.77. The number of halogens is 1. The van der Waals surface area contributed by atoms with Crippen LogP contribution in [0.2, 0.25) is 0 Å². The lowest BCUT2D eigenvalue weighted by Gasteiger charge is -2.21. The first-order chi connectivity index (χ1) is 11.5. The number of likely N-dealkylation sites (tertiary alicyclic amines) is 1. The zero-order valence-electron chi connectivity index (χ0n) is 12.7. The van der Waals surface area contributed by atoms with Crippen molar-refractivity contribution in [2.75, 3.05) is 6.54 Å². The standard InChI is InChI=1S/C17H16FN3O3/c18-13-7-14(16(19)23)21(9-13)17(24)11-3-1-10(2-4-11)15(22)12-5-6-20-8-12/h1-6,8,13-14,20H,7,9H2,(H2,19,23)/t13-,14+/m1/s1. The van der Waals surface area contributed by atoms with Crippen LogP contribution in [0, 0.1) is 0 Å². The average Bonchev–Trinajstić information content (AvgIpc) is 3.23. The number of H-pyrrole nitrogens is 1. The van der Waals surface area contributed by atoms with Crippen molar-refractivity contribution in [2.24, 2.45) is 5.73 Å². The number of carbonyl (C=O) groups is 3. The number of nitrogens with zero attached hydrogens (tertiary/aromatic N) is 1. The number of ketones is 1. The summed E-state index contributed by atoms with van der Waals surface area (Å²) in [4.78, 5) is 40.0. The van der Waals surface area contributed by atoms with Crippen LogP contribution in [0.1, 0.15) is 32.7 Å². The fraction of sp³-hybridized carbons (Fsp3) is 0.235. The van der Waals surface area contributed by atoms with Crippen molar-refractivity contribution in [3.8, 4) is 0 Å². The topological polar surface area (TPSA) is 96.3 Å². The minimum atomic E-state index is -1.26. The van der Waals surface area contributed by atoms with Crippen molar-refractivity contribution >= 4 is 17.6 Å². The third-order valence-electron chi connectivity index (χ3n) is 4.09. The summed E-state index contributed by atoms with van der Waals surface area (Å²) in [6.07, 6.45) is 1.90. The van der Waals surface area contributed by atoms with Gasteiger partial charge >= 0.3 is 0 Å². The first-order valence-electron chi connectivity index (χ1n) is 7.49. The van der Waals surface area contributed by atoms with Crippen LogP contribution in [-0.2, 0) is 4.79 Å². The highest BCUT2D eigenvalue weighted by molar-refractivity contribution is 6.09. The van der Waals surface area contributed by atoms with Crippen LogP contribution >= 0.6 is 0 Å². The van der Waals surface area contributed by atoms with Crippen molar-refractivity contribution in [3.05, 3.63) is 59.4 Å². The third-order valence-corrected chi connectivity index (χ3v) is 4.09. The maximum atomic E-state index is 13.5. The van der Waals surface area contributed by atoms with E-state index in [4.69, 9.17) is 5.73 Å². The Morgan fingerprint density at radius 3 is 2.33 bits per heavy atom. The molecule has 1 aromatic carbocycles. The minimum absolute atomic E-state index is 0.0782. The monoisotopic (exact) mass is 329 g/mol. The van der Waals surface area contributed by atoms with E-state index < -0.39 is 24.0 Å². The zero-order chi connectivity index (χ0) is 17.3. The largest absolute Gasteiger partial charge is 0.368 e. The van der Waals surface area contributed by atoms with Crippen molar-refractivity contribution in [1.82, 2.24) is 9.88 Å². The van der Waals surface area contributed by atoms with Gasteiger partial charge in [0, 0.05) is 35.5 Å². The number of hydrogen-bond acceptors (Lipinski definition) is 3. The van der Waals surface area contributed by atoms with Gasteiger partial charge in [0.1, 0.15) is 12.2 Å². The van der Waals surface area contributed by atoms with Gasteiger partial charge in [0.05, 0.1) is 6.54 Å². The Kier molecular flexibility index (Phi) is 4.16. The van der Waals surface area contributed by atoms with Gasteiger partial charge in [-0.3, -0.25) is 14.4 Å². The van der Waals surface area contributed by atoms with E-state index in [-0.39, 0.29) is 24.3 Å². The lowest BCUT2D eigenvalue weighted by atomic mass is 10.0. The molecule has 0 radical (unpaired) electrons. The van der Waals surface area contributed by atoms with Crippen LogP contribution in [0.3, 0.4) is 0 Å². The number of rotatable bonds is 4. The van der Waals surface area contributed by atoms with Gasteiger partial charge in [0.25, 0.3) is 5.91 Å². The van der Waals surface area contributed by atoms with Gasteiger partial charge in [0.15, 0.2) is 5.78 Å². The summed E-state index contributed by atoms with van der Waals surface area (Å²) >= 11 is 0. The fourth-order valence-corrected chi connectivity index (χ4v) is 2.84. The highest BCUT2D eigenvalue weighted by Gasteiger charge is 2.39. The molecule has 1 aliphatic heterocycles. The molecule has 2 atom stereocenters. The molecular weight excluding hydrogens is 313 g/mol. The van der Waals surface area contributed by atoms with Crippen molar-refractivity contribution in [3.63, 3.8) is 0 Å². The molecule has 2 amide bonds. The molecule has 2 heterocycles. The molecule has 2 aromatic rings. The molecule has 0 aliphatic carbocycles. The summed E-state index contributed by atoms with van der Waals surface area (Å²) in [5, 5.41) is 0.